The molecule has 0 saturated carbocycles. The molecule has 2 rings (SSSR count). The van der Waals surface area contributed by atoms with Crippen LogP contribution in [0.4, 0.5) is 0 Å². The lowest BCUT2D eigenvalue weighted by Gasteiger charge is -2.01. The SMILES string of the molecule is O=C(O)C1=NC2CN=CC2=C1C(=O)NO. The Kier molecular flexibility index (Phi) is 2.09. The van der Waals surface area contributed by atoms with Gasteiger partial charge in [-0.25, -0.2) is 10.3 Å². The van der Waals surface area contributed by atoms with Gasteiger partial charge in [-0.1, -0.05) is 0 Å². The molecule has 0 fully saturated rings. The zero-order valence-corrected chi connectivity index (χ0v) is 7.47. The number of carboxylic acid groups (broad SMARTS) is 1. The van der Waals surface area contributed by atoms with Gasteiger partial charge in [0.15, 0.2) is 5.71 Å². The van der Waals surface area contributed by atoms with Gasteiger partial charge in [-0.2, -0.15) is 0 Å². The van der Waals surface area contributed by atoms with Gasteiger partial charge in [-0.3, -0.25) is 20.0 Å². The zero-order chi connectivity index (χ0) is 11.0. The van der Waals surface area contributed by atoms with Crippen molar-refractivity contribution in [1.29, 1.82) is 0 Å². The van der Waals surface area contributed by atoms with E-state index in [2.05, 4.69) is 9.98 Å². The van der Waals surface area contributed by atoms with E-state index in [4.69, 9.17) is 10.3 Å². The van der Waals surface area contributed by atoms with Crippen LogP contribution < -0.4 is 5.48 Å². The number of carboxylic acids is 1. The molecule has 0 aromatic heterocycles. The number of rotatable bonds is 2. The molecule has 1 unspecified atom stereocenters. The van der Waals surface area contributed by atoms with Crippen LogP contribution in [0.25, 0.3) is 0 Å². The second kappa shape index (κ2) is 3.28. The first-order valence-corrected chi connectivity index (χ1v) is 4.15. The van der Waals surface area contributed by atoms with Gasteiger partial charge in [0.05, 0.1) is 18.2 Å². The molecule has 2 heterocycles. The summed E-state index contributed by atoms with van der Waals surface area (Å²) in [4.78, 5) is 29.8. The number of nitrogens with zero attached hydrogens (tertiary/aromatic N) is 2. The van der Waals surface area contributed by atoms with E-state index in [1.165, 1.54) is 11.7 Å². The molecule has 0 saturated heterocycles. The predicted octanol–water partition coefficient (Wildman–Crippen LogP) is -1.22. The Labute approximate surface area is 83.8 Å². The highest BCUT2D eigenvalue weighted by Crippen LogP contribution is 2.25. The molecule has 7 heteroatoms. The molecule has 0 radical (unpaired) electrons. The Morgan fingerprint density at radius 3 is 2.87 bits per heavy atom. The van der Waals surface area contributed by atoms with E-state index in [1.54, 1.807) is 0 Å². The maximum absolute atomic E-state index is 11.2. The lowest BCUT2D eigenvalue weighted by molar-refractivity contribution is -0.130. The fraction of sp³-hybridized carbons (Fsp3) is 0.250. The quantitative estimate of drug-likeness (QED) is 0.391. The Bertz CT molecular complexity index is 435. The number of fused-ring (bicyclic) bond motifs is 1. The van der Waals surface area contributed by atoms with Crippen LogP contribution in [0.3, 0.4) is 0 Å². The minimum Gasteiger partial charge on any atom is -0.477 e. The van der Waals surface area contributed by atoms with E-state index < -0.39 is 17.9 Å². The molecule has 0 aromatic carbocycles. The van der Waals surface area contributed by atoms with Crippen LogP contribution in [0.1, 0.15) is 0 Å². The zero-order valence-electron chi connectivity index (χ0n) is 7.47. The summed E-state index contributed by atoms with van der Waals surface area (Å²) >= 11 is 0. The molecular weight excluding hydrogens is 202 g/mol. The molecule has 2 aliphatic rings. The highest BCUT2D eigenvalue weighted by atomic mass is 16.5. The summed E-state index contributed by atoms with van der Waals surface area (Å²) in [6, 6.07) is -0.400. The first kappa shape index (κ1) is 9.53. The van der Waals surface area contributed by atoms with Crippen molar-refractivity contribution in [2.45, 2.75) is 6.04 Å². The van der Waals surface area contributed by atoms with Crippen LogP contribution in [0.15, 0.2) is 21.1 Å². The molecule has 0 spiro atoms. The van der Waals surface area contributed by atoms with Gasteiger partial charge in [0, 0.05) is 11.8 Å². The highest BCUT2D eigenvalue weighted by Gasteiger charge is 2.36. The second-order valence-electron chi connectivity index (χ2n) is 3.06. The topological polar surface area (TPSA) is 111 Å². The molecule has 15 heavy (non-hydrogen) atoms. The number of aliphatic imine (C=N–C) groups is 2. The summed E-state index contributed by atoms with van der Waals surface area (Å²) in [7, 11) is 0. The first-order valence-electron chi connectivity index (χ1n) is 4.15. The molecule has 1 amide bonds. The van der Waals surface area contributed by atoms with Crippen molar-refractivity contribution < 1.29 is 19.9 Å². The molecule has 7 nitrogen and oxygen atoms in total. The van der Waals surface area contributed by atoms with Gasteiger partial charge < -0.3 is 5.11 Å². The van der Waals surface area contributed by atoms with Gasteiger partial charge in [0.1, 0.15) is 0 Å². The van der Waals surface area contributed by atoms with E-state index in [9.17, 15) is 9.59 Å². The van der Waals surface area contributed by atoms with Crippen molar-refractivity contribution in [2.75, 3.05) is 6.54 Å². The number of nitrogens with one attached hydrogen (secondary N) is 1. The number of hydroxylamine groups is 1. The normalized spacial score (nSPS) is 22.7. The Morgan fingerprint density at radius 1 is 1.53 bits per heavy atom. The molecule has 78 valence electrons. The standard InChI is InChI=1S/C8H7N3O4/c12-7(11-15)5-3-1-9-2-4(3)10-6(5)8(13)14/h1,4,15H,2H2,(H,11,12)(H,13,14). The van der Waals surface area contributed by atoms with E-state index in [1.807, 2.05) is 0 Å². The summed E-state index contributed by atoms with van der Waals surface area (Å²) in [5.74, 6) is -2.16. The molecule has 3 N–H and O–H groups in total. The van der Waals surface area contributed by atoms with Gasteiger partial charge in [0.2, 0.25) is 0 Å². The van der Waals surface area contributed by atoms with Gasteiger partial charge in [-0.15, -0.1) is 0 Å². The lowest BCUT2D eigenvalue weighted by Crippen LogP contribution is -2.28. The van der Waals surface area contributed by atoms with Gasteiger partial charge >= 0.3 is 5.97 Å². The highest BCUT2D eigenvalue weighted by molar-refractivity contribution is 6.51. The minimum atomic E-state index is -1.29. The molecule has 0 aliphatic carbocycles. The fourth-order valence-electron chi connectivity index (χ4n) is 1.59. The third-order valence-electron chi connectivity index (χ3n) is 2.21. The first-order chi connectivity index (χ1) is 7.15. The van der Waals surface area contributed by atoms with Crippen LogP contribution in [-0.2, 0) is 9.59 Å². The summed E-state index contributed by atoms with van der Waals surface area (Å²) in [6.45, 7) is 0.342. The molecule has 0 bridgehead atoms. The second-order valence-corrected chi connectivity index (χ2v) is 3.06. The minimum absolute atomic E-state index is 0.115. The van der Waals surface area contributed by atoms with Gasteiger partial charge in [-0.05, 0) is 0 Å². The molecule has 2 aliphatic heterocycles. The van der Waals surface area contributed by atoms with Gasteiger partial charge in [0.25, 0.3) is 5.91 Å². The number of carbonyl (C=O) groups is 2. The van der Waals surface area contributed by atoms with Crippen LogP contribution in [0, 0.1) is 0 Å². The van der Waals surface area contributed by atoms with Crippen LogP contribution in [-0.4, -0.2) is 46.7 Å². The number of hydrogen-bond acceptors (Lipinski definition) is 5. The molecule has 0 aromatic rings. The van der Waals surface area contributed by atoms with Crippen LogP contribution in [0.5, 0.6) is 0 Å². The van der Waals surface area contributed by atoms with Crippen molar-refractivity contribution in [2.24, 2.45) is 9.98 Å². The van der Waals surface area contributed by atoms with Crippen molar-refractivity contribution in [3.05, 3.63) is 11.1 Å². The number of hydrogen-bond donors (Lipinski definition) is 3. The van der Waals surface area contributed by atoms with Crippen molar-refractivity contribution in [3.63, 3.8) is 0 Å². The van der Waals surface area contributed by atoms with E-state index in [-0.39, 0.29) is 11.3 Å². The van der Waals surface area contributed by atoms with E-state index in [0.717, 1.165) is 0 Å². The average molecular weight is 209 g/mol. The maximum atomic E-state index is 11.2. The Balaban J connectivity index is 2.49. The fourth-order valence-corrected chi connectivity index (χ4v) is 1.59. The summed E-state index contributed by atoms with van der Waals surface area (Å²) < 4.78 is 0. The Morgan fingerprint density at radius 2 is 2.27 bits per heavy atom. The lowest BCUT2D eigenvalue weighted by atomic mass is 10.0. The third-order valence-corrected chi connectivity index (χ3v) is 2.21. The maximum Gasteiger partial charge on any atom is 0.354 e. The smallest absolute Gasteiger partial charge is 0.354 e. The monoisotopic (exact) mass is 209 g/mol. The van der Waals surface area contributed by atoms with Crippen LogP contribution in [0.2, 0.25) is 0 Å². The van der Waals surface area contributed by atoms with Crippen molar-refractivity contribution >= 4 is 23.8 Å². The Hall–Kier alpha value is -2.02. The predicted molar refractivity (Wildman–Crippen MR) is 49.2 cm³/mol. The summed E-state index contributed by atoms with van der Waals surface area (Å²) in [5, 5.41) is 17.3. The summed E-state index contributed by atoms with van der Waals surface area (Å²) in [5.41, 5.74) is 1.40. The van der Waals surface area contributed by atoms with Crippen LogP contribution >= 0.6 is 0 Å². The largest absolute Gasteiger partial charge is 0.477 e. The number of carbonyl (C=O) groups excluding carboxylic acids is 1. The molecular formula is C8H7N3O4. The number of aliphatic carboxylic acids is 1. The number of amides is 1. The van der Waals surface area contributed by atoms with Crippen molar-refractivity contribution in [1.82, 2.24) is 5.48 Å². The van der Waals surface area contributed by atoms with E-state index in [0.29, 0.717) is 12.1 Å². The third kappa shape index (κ3) is 1.33. The average Bonchev–Trinajstić information content (AvgIpc) is 2.74. The summed E-state index contributed by atoms with van der Waals surface area (Å²) in [6.07, 6.45) is 1.41. The van der Waals surface area contributed by atoms with Crippen molar-refractivity contribution in [3.8, 4) is 0 Å². The van der Waals surface area contributed by atoms with E-state index >= 15 is 0 Å². The molecule has 1 atom stereocenters.